The minimum atomic E-state index is -0.701. The maximum Gasteiger partial charge on any atom is 0.154 e. The van der Waals surface area contributed by atoms with Crippen LogP contribution < -0.4 is 0 Å². The smallest absolute Gasteiger partial charge is 0.154 e. The molecular formula is C16H18N2O2. The Kier molecular flexibility index (Phi) is 5.41. The molecule has 0 amide bonds. The average molecular weight is 270 g/mol. The number of nitrogens with zero attached hydrogens (tertiary/aromatic N) is 2. The second-order valence-corrected chi connectivity index (χ2v) is 4.38. The van der Waals surface area contributed by atoms with E-state index in [1.165, 1.54) is 0 Å². The summed E-state index contributed by atoms with van der Waals surface area (Å²) in [4.78, 5) is 0. The molecule has 4 nitrogen and oxygen atoms in total. The quantitative estimate of drug-likeness (QED) is 0.626. The molecule has 0 saturated carbocycles. The molecule has 2 rings (SSSR count). The molecule has 0 bridgehead atoms. The van der Waals surface area contributed by atoms with E-state index in [4.69, 9.17) is 4.74 Å². The summed E-state index contributed by atoms with van der Waals surface area (Å²) in [5.74, 6) is 0. The van der Waals surface area contributed by atoms with Crippen LogP contribution in [-0.4, -0.2) is 11.4 Å². The predicted molar refractivity (Wildman–Crippen MR) is 78.1 cm³/mol. The Morgan fingerprint density at radius 2 is 1.55 bits per heavy atom. The van der Waals surface area contributed by atoms with Gasteiger partial charge < -0.3 is 9.84 Å². The largest absolute Gasteiger partial charge is 0.368 e. The van der Waals surface area contributed by atoms with E-state index >= 15 is 0 Å². The number of ether oxygens (including phenoxy) is 1. The first-order valence-electron chi connectivity index (χ1n) is 6.63. The molecule has 0 aromatic heterocycles. The van der Waals surface area contributed by atoms with Crippen LogP contribution in [0.4, 0.5) is 11.4 Å². The van der Waals surface area contributed by atoms with Gasteiger partial charge in [0.25, 0.3) is 0 Å². The third-order valence-electron chi connectivity index (χ3n) is 2.77. The van der Waals surface area contributed by atoms with Crippen LogP contribution in [0.5, 0.6) is 0 Å². The monoisotopic (exact) mass is 270 g/mol. The van der Waals surface area contributed by atoms with Gasteiger partial charge in [-0.1, -0.05) is 37.3 Å². The van der Waals surface area contributed by atoms with Gasteiger partial charge in [0.05, 0.1) is 18.0 Å². The molecule has 0 fully saturated rings. The van der Waals surface area contributed by atoms with Crippen molar-refractivity contribution in [1.82, 2.24) is 0 Å². The summed E-state index contributed by atoms with van der Waals surface area (Å²) >= 11 is 0. The highest BCUT2D eigenvalue weighted by atomic mass is 16.6. The summed E-state index contributed by atoms with van der Waals surface area (Å²) in [6.45, 7) is 2.27. The molecule has 0 spiro atoms. The van der Waals surface area contributed by atoms with Crippen LogP contribution in [-0.2, 0) is 11.3 Å². The standard InChI is InChI=1S/C16H18N2O2/c1-2-16(19)20-12-13-8-10-15(11-9-13)18-17-14-6-4-3-5-7-14/h3-11,16,19H,2,12H2,1H3. The summed E-state index contributed by atoms with van der Waals surface area (Å²) in [5.41, 5.74) is 2.61. The lowest BCUT2D eigenvalue weighted by Gasteiger charge is -2.09. The van der Waals surface area contributed by atoms with Gasteiger partial charge >= 0.3 is 0 Å². The van der Waals surface area contributed by atoms with Crippen molar-refractivity contribution in [3.05, 3.63) is 60.2 Å². The molecule has 0 heterocycles. The minimum Gasteiger partial charge on any atom is -0.368 e. The van der Waals surface area contributed by atoms with E-state index in [9.17, 15) is 5.11 Å². The maximum atomic E-state index is 9.33. The molecule has 0 aliphatic rings. The zero-order chi connectivity index (χ0) is 14.2. The Morgan fingerprint density at radius 1 is 0.950 bits per heavy atom. The van der Waals surface area contributed by atoms with Gasteiger partial charge in [-0.05, 0) is 36.2 Å². The van der Waals surface area contributed by atoms with Crippen LogP contribution in [0.2, 0.25) is 0 Å². The Labute approximate surface area is 118 Å². The highest BCUT2D eigenvalue weighted by molar-refractivity contribution is 5.40. The molecule has 0 aliphatic carbocycles. The predicted octanol–water partition coefficient (Wildman–Crippen LogP) is 4.35. The van der Waals surface area contributed by atoms with E-state index in [1.54, 1.807) is 0 Å². The average Bonchev–Trinajstić information content (AvgIpc) is 2.52. The molecule has 0 saturated heterocycles. The van der Waals surface area contributed by atoms with Crippen molar-refractivity contribution in [2.24, 2.45) is 10.2 Å². The van der Waals surface area contributed by atoms with Crippen molar-refractivity contribution in [3.8, 4) is 0 Å². The van der Waals surface area contributed by atoms with Gasteiger partial charge in [-0.25, -0.2) is 0 Å². The zero-order valence-corrected chi connectivity index (χ0v) is 11.4. The van der Waals surface area contributed by atoms with E-state index in [1.807, 2.05) is 61.5 Å². The van der Waals surface area contributed by atoms with Crippen LogP contribution >= 0.6 is 0 Å². The van der Waals surface area contributed by atoms with E-state index in [2.05, 4.69) is 10.2 Å². The number of aliphatic hydroxyl groups is 1. The molecule has 1 unspecified atom stereocenters. The third kappa shape index (κ3) is 4.57. The number of benzene rings is 2. The van der Waals surface area contributed by atoms with Gasteiger partial charge in [0.2, 0.25) is 0 Å². The lowest BCUT2D eigenvalue weighted by atomic mass is 10.2. The van der Waals surface area contributed by atoms with Gasteiger partial charge in [0.15, 0.2) is 6.29 Å². The number of rotatable bonds is 6. The lowest BCUT2D eigenvalue weighted by Crippen LogP contribution is -2.09. The number of hydrogen-bond donors (Lipinski definition) is 1. The Bertz CT molecular complexity index is 538. The number of hydrogen-bond acceptors (Lipinski definition) is 4. The fourth-order valence-corrected chi connectivity index (χ4v) is 1.58. The second-order valence-electron chi connectivity index (χ2n) is 4.38. The molecule has 1 atom stereocenters. The summed E-state index contributed by atoms with van der Waals surface area (Å²) < 4.78 is 5.25. The normalized spacial score (nSPS) is 12.7. The van der Waals surface area contributed by atoms with Crippen LogP contribution in [0.3, 0.4) is 0 Å². The van der Waals surface area contributed by atoms with Gasteiger partial charge in [-0.2, -0.15) is 10.2 Å². The lowest BCUT2D eigenvalue weighted by molar-refractivity contribution is -0.109. The minimum absolute atomic E-state index is 0.394. The van der Waals surface area contributed by atoms with Crippen molar-refractivity contribution in [2.45, 2.75) is 26.2 Å². The third-order valence-corrected chi connectivity index (χ3v) is 2.77. The van der Waals surface area contributed by atoms with E-state index < -0.39 is 6.29 Å². The molecule has 1 N–H and O–H groups in total. The molecule has 0 radical (unpaired) electrons. The molecule has 104 valence electrons. The van der Waals surface area contributed by atoms with Crippen molar-refractivity contribution in [3.63, 3.8) is 0 Å². The van der Waals surface area contributed by atoms with Crippen LogP contribution in [0.25, 0.3) is 0 Å². The van der Waals surface area contributed by atoms with Crippen molar-refractivity contribution in [2.75, 3.05) is 0 Å². The number of aliphatic hydroxyl groups excluding tert-OH is 1. The summed E-state index contributed by atoms with van der Waals surface area (Å²) in [6.07, 6.45) is -0.115. The molecule has 2 aromatic carbocycles. The van der Waals surface area contributed by atoms with Crippen molar-refractivity contribution in [1.29, 1.82) is 0 Å². The highest BCUT2D eigenvalue weighted by Gasteiger charge is 2.00. The van der Waals surface area contributed by atoms with Crippen molar-refractivity contribution >= 4 is 11.4 Å². The van der Waals surface area contributed by atoms with Crippen LogP contribution in [0, 0.1) is 0 Å². The first kappa shape index (κ1) is 14.4. The second kappa shape index (κ2) is 7.53. The SMILES string of the molecule is CCC(O)OCc1ccc(N=Nc2ccccc2)cc1. The first-order chi connectivity index (χ1) is 9.78. The van der Waals surface area contributed by atoms with Gasteiger partial charge in [-0.3, -0.25) is 0 Å². The summed E-state index contributed by atoms with van der Waals surface area (Å²) in [6, 6.07) is 17.2. The Balaban J connectivity index is 1.93. The Hall–Kier alpha value is -2.04. The molecule has 0 aliphatic heterocycles. The van der Waals surface area contributed by atoms with Crippen LogP contribution in [0.15, 0.2) is 64.8 Å². The summed E-state index contributed by atoms with van der Waals surface area (Å²) in [5, 5.41) is 17.6. The van der Waals surface area contributed by atoms with Gasteiger partial charge in [0, 0.05) is 0 Å². The van der Waals surface area contributed by atoms with Gasteiger partial charge in [-0.15, -0.1) is 0 Å². The maximum absolute atomic E-state index is 9.33. The van der Waals surface area contributed by atoms with Crippen molar-refractivity contribution < 1.29 is 9.84 Å². The highest BCUT2D eigenvalue weighted by Crippen LogP contribution is 2.18. The molecule has 20 heavy (non-hydrogen) atoms. The van der Waals surface area contributed by atoms with Gasteiger partial charge in [0.1, 0.15) is 0 Å². The summed E-state index contributed by atoms with van der Waals surface area (Å²) in [7, 11) is 0. The molecule has 4 heteroatoms. The fraction of sp³-hybridized carbons (Fsp3) is 0.250. The van der Waals surface area contributed by atoms with Crippen LogP contribution in [0.1, 0.15) is 18.9 Å². The van der Waals surface area contributed by atoms with E-state index in [0.29, 0.717) is 13.0 Å². The Morgan fingerprint density at radius 3 is 2.15 bits per heavy atom. The van der Waals surface area contributed by atoms with E-state index in [0.717, 1.165) is 16.9 Å². The van der Waals surface area contributed by atoms with E-state index in [-0.39, 0.29) is 0 Å². The molecule has 2 aromatic rings. The molecular weight excluding hydrogens is 252 g/mol. The topological polar surface area (TPSA) is 54.2 Å². The first-order valence-corrected chi connectivity index (χ1v) is 6.63. The zero-order valence-electron chi connectivity index (χ0n) is 11.4. The fourth-order valence-electron chi connectivity index (χ4n) is 1.58. The number of azo groups is 1.